The standard InChI is InChI=1S/C24H30N2O5.C13H13Cl2NO6S/c1-17(2)14-20(25-3)22(27)26(24(30)31-16-19-12-8-5-9-13-19)21(23(28)29)15-18-10-6-4-7-11-18;14-9-1-2-10(12(15)11(9)8(7-17)13(18)19)23(20,21)16-3-5-22-6-4-16/h4-13,17,20-21,25H,14-16H2,1-3H3,(H,28,29);1-2,7-8H,3-6H2,(H,18,19)/t20-,21-;/m0./s1. The van der Waals surface area contributed by atoms with Gasteiger partial charge in [0.25, 0.3) is 0 Å². The second-order valence-electron chi connectivity index (χ2n) is 12.5. The first-order valence-electron chi connectivity index (χ1n) is 16.9. The minimum Gasteiger partial charge on any atom is -0.480 e. The summed E-state index contributed by atoms with van der Waals surface area (Å²) in [6, 6.07) is 18.2. The molecule has 0 aromatic heterocycles. The molecule has 0 saturated carbocycles. The first kappa shape index (κ1) is 44.0. The number of hydrogen-bond acceptors (Lipinski definition) is 10. The quantitative estimate of drug-likeness (QED) is 0.140. The van der Waals surface area contributed by atoms with Crippen molar-refractivity contribution in [3.05, 3.63) is 99.5 Å². The lowest BCUT2D eigenvalue weighted by Crippen LogP contribution is -2.56. The number of aliphatic carboxylic acids is 2. The number of nitrogens with zero attached hydrogens (tertiary/aromatic N) is 2. The largest absolute Gasteiger partial charge is 0.480 e. The monoisotopic (exact) mass is 807 g/mol. The maximum Gasteiger partial charge on any atom is 0.417 e. The molecule has 292 valence electrons. The van der Waals surface area contributed by atoms with E-state index in [0.717, 1.165) is 10.5 Å². The van der Waals surface area contributed by atoms with Crippen LogP contribution in [-0.4, -0.2) is 103 Å². The van der Waals surface area contributed by atoms with Crippen molar-refractivity contribution in [1.29, 1.82) is 0 Å². The van der Waals surface area contributed by atoms with E-state index in [1.807, 2.05) is 26.0 Å². The SMILES string of the molecule is CN[C@@H](CC(C)C)C(=O)N(C(=O)OCc1ccccc1)[C@@H](Cc1ccccc1)C(=O)O.O=CC(C(=O)O)c1c(Cl)ccc(S(=O)(=O)N2CCOCC2)c1Cl. The molecule has 3 aromatic carbocycles. The summed E-state index contributed by atoms with van der Waals surface area (Å²) in [6.07, 6.45) is -0.377. The number of rotatable bonds is 15. The lowest BCUT2D eigenvalue weighted by molar-refractivity contribution is -0.149. The van der Waals surface area contributed by atoms with Crippen LogP contribution >= 0.6 is 23.2 Å². The Balaban J connectivity index is 0.000000303. The lowest BCUT2D eigenvalue weighted by atomic mass is 10.00. The van der Waals surface area contributed by atoms with Crippen LogP contribution in [0.2, 0.25) is 10.0 Å². The highest BCUT2D eigenvalue weighted by atomic mass is 35.5. The second-order valence-corrected chi connectivity index (χ2v) is 15.2. The maximum absolute atomic E-state index is 13.3. The van der Waals surface area contributed by atoms with E-state index in [9.17, 15) is 37.5 Å². The second kappa shape index (κ2) is 20.9. The number of hydrogen-bond donors (Lipinski definition) is 3. The summed E-state index contributed by atoms with van der Waals surface area (Å²) < 4.78 is 37.0. The van der Waals surface area contributed by atoms with Crippen molar-refractivity contribution in [2.45, 2.75) is 56.2 Å². The van der Waals surface area contributed by atoms with Gasteiger partial charge >= 0.3 is 18.0 Å². The molecular formula is C37H43Cl2N3O11S. The molecular weight excluding hydrogens is 765 g/mol. The van der Waals surface area contributed by atoms with Crippen LogP contribution in [0.3, 0.4) is 0 Å². The van der Waals surface area contributed by atoms with E-state index in [-0.39, 0.29) is 72.0 Å². The molecule has 17 heteroatoms. The summed E-state index contributed by atoms with van der Waals surface area (Å²) >= 11 is 12.0. The van der Waals surface area contributed by atoms with E-state index in [2.05, 4.69) is 5.32 Å². The zero-order chi connectivity index (χ0) is 40.0. The average molecular weight is 809 g/mol. The molecule has 14 nitrogen and oxygen atoms in total. The van der Waals surface area contributed by atoms with Crippen molar-refractivity contribution >= 4 is 63.5 Å². The minimum atomic E-state index is -3.95. The Kier molecular flexibility index (Phi) is 17.0. The van der Waals surface area contributed by atoms with Gasteiger partial charge in [0, 0.05) is 30.1 Å². The predicted molar refractivity (Wildman–Crippen MR) is 200 cm³/mol. The van der Waals surface area contributed by atoms with Crippen molar-refractivity contribution < 1.29 is 52.1 Å². The number of amides is 2. The first-order chi connectivity index (χ1) is 25.6. The Labute approximate surface area is 324 Å². The lowest BCUT2D eigenvalue weighted by Gasteiger charge is -2.30. The summed E-state index contributed by atoms with van der Waals surface area (Å²) in [5, 5.41) is 21.5. The molecule has 1 saturated heterocycles. The minimum absolute atomic E-state index is 0.0134. The topological polar surface area (TPSA) is 197 Å². The van der Waals surface area contributed by atoms with Gasteiger partial charge in [-0.25, -0.2) is 22.9 Å². The Morgan fingerprint density at radius 3 is 2.00 bits per heavy atom. The highest BCUT2D eigenvalue weighted by molar-refractivity contribution is 7.89. The summed E-state index contributed by atoms with van der Waals surface area (Å²) in [7, 11) is -2.33. The third-order valence-electron chi connectivity index (χ3n) is 8.25. The molecule has 4 rings (SSSR count). The number of benzene rings is 3. The average Bonchev–Trinajstić information content (AvgIpc) is 3.15. The Bertz CT molecular complexity index is 1860. The number of carboxylic acid groups (broad SMARTS) is 2. The Hall–Kier alpha value is -4.38. The number of aldehydes is 1. The fraction of sp³-hybridized carbons (Fsp3) is 0.378. The van der Waals surface area contributed by atoms with Crippen LogP contribution in [0.15, 0.2) is 77.7 Å². The number of nitrogens with one attached hydrogen (secondary N) is 1. The van der Waals surface area contributed by atoms with Crippen molar-refractivity contribution in [1.82, 2.24) is 14.5 Å². The van der Waals surface area contributed by atoms with E-state index < -0.39 is 52.0 Å². The molecule has 54 heavy (non-hydrogen) atoms. The van der Waals surface area contributed by atoms with Crippen molar-refractivity contribution in [2.75, 3.05) is 33.4 Å². The number of morpholine rings is 1. The van der Waals surface area contributed by atoms with Crippen LogP contribution in [0.5, 0.6) is 0 Å². The zero-order valence-electron chi connectivity index (χ0n) is 29.9. The molecule has 3 atom stereocenters. The molecule has 1 unspecified atom stereocenters. The van der Waals surface area contributed by atoms with Crippen LogP contribution in [-0.2, 0) is 51.7 Å². The molecule has 0 bridgehead atoms. The summed E-state index contributed by atoms with van der Waals surface area (Å²) in [6.45, 7) is 4.67. The number of likely N-dealkylation sites (N-methyl/N-ethyl adjacent to an activating group) is 1. The number of ether oxygens (including phenoxy) is 2. The number of sulfonamides is 1. The molecule has 1 aliphatic rings. The zero-order valence-corrected chi connectivity index (χ0v) is 32.2. The van der Waals surface area contributed by atoms with E-state index in [1.54, 1.807) is 55.6 Å². The van der Waals surface area contributed by atoms with Gasteiger partial charge in [-0.05, 0) is 42.6 Å². The molecule has 1 aliphatic heterocycles. The molecule has 3 aromatic rings. The van der Waals surface area contributed by atoms with Gasteiger partial charge in [-0.3, -0.25) is 9.59 Å². The highest BCUT2D eigenvalue weighted by Crippen LogP contribution is 2.37. The number of carbonyl (C=O) groups excluding carboxylic acids is 3. The third-order valence-corrected chi connectivity index (χ3v) is 11.0. The van der Waals surface area contributed by atoms with Crippen LogP contribution in [0, 0.1) is 5.92 Å². The molecule has 1 heterocycles. The van der Waals surface area contributed by atoms with Gasteiger partial charge in [0.2, 0.25) is 15.9 Å². The van der Waals surface area contributed by atoms with Crippen molar-refractivity contribution in [3.63, 3.8) is 0 Å². The normalized spacial score (nSPS) is 14.9. The van der Waals surface area contributed by atoms with Crippen LogP contribution < -0.4 is 5.32 Å². The fourth-order valence-electron chi connectivity index (χ4n) is 5.48. The van der Waals surface area contributed by atoms with Crippen LogP contribution in [0.1, 0.15) is 42.9 Å². The van der Waals surface area contributed by atoms with E-state index in [1.165, 1.54) is 16.4 Å². The van der Waals surface area contributed by atoms with Crippen LogP contribution in [0.25, 0.3) is 0 Å². The molecule has 1 fully saturated rings. The third kappa shape index (κ3) is 11.8. The molecule has 0 aliphatic carbocycles. The first-order valence-corrected chi connectivity index (χ1v) is 19.0. The fourth-order valence-corrected chi connectivity index (χ4v) is 7.86. The predicted octanol–water partition coefficient (Wildman–Crippen LogP) is 4.86. The van der Waals surface area contributed by atoms with Crippen LogP contribution in [0.4, 0.5) is 4.79 Å². The summed E-state index contributed by atoms with van der Waals surface area (Å²) in [5.74, 6) is -4.83. The van der Waals surface area contributed by atoms with Gasteiger partial charge < -0.3 is 29.8 Å². The molecule has 0 spiro atoms. The van der Waals surface area contributed by atoms with Gasteiger partial charge in [-0.1, -0.05) is 97.7 Å². The van der Waals surface area contributed by atoms with Gasteiger partial charge in [0.05, 0.1) is 24.3 Å². The van der Waals surface area contributed by atoms with Gasteiger partial charge in [0.1, 0.15) is 29.7 Å². The Morgan fingerprint density at radius 1 is 0.926 bits per heavy atom. The number of carbonyl (C=O) groups is 5. The maximum atomic E-state index is 13.3. The molecule has 2 amide bonds. The number of imide groups is 1. The smallest absolute Gasteiger partial charge is 0.417 e. The Morgan fingerprint density at radius 2 is 1.50 bits per heavy atom. The van der Waals surface area contributed by atoms with Crippen molar-refractivity contribution in [3.8, 4) is 0 Å². The van der Waals surface area contributed by atoms with E-state index in [4.69, 9.17) is 37.8 Å². The molecule has 0 radical (unpaired) electrons. The van der Waals surface area contributed by atoms with Crippen molar-refractivity contribution in [2.24, 2.45) is 5.92 Å². The highest BCUT2D eigenvalue weighted by Gasteiger charge is 2.39. The van der Waals surface area contributed by atoms with Gasteiger partial charge in [-0.2, -0.15) is 4.31 Å². The summed E-state index contributed by atoms with van der Waals surface area (Å²) in [5.41, 5.74) is 1.21. The van der Waals surface area contributed by atoms with E-state index >= 15 is 0 Å². The summed E-state index contributed by atoms with van der Waals surface area (Å²) in [4.78, 5) is 61.1. The number of halogens is 2. The van der Waals surface area contributed by atoms with Gasteiger partial charge in [-0.15, -0.1) is 0 Å². The van der Waals surface area contributed by atoms with Gasteiger partial charge in [0.15, 0.2) is 0 Å². The van der Waals surface area contributed by atoms with E-state index in [0.29, 0.717) is 12.0 Å². The number of carboxylic acids is 2. The molecule has 3 N–H and O–H groups in total.